The third-order valence-corrected chi connectivity index (χ3v) is 2.79. The molecule has 0 radical (unpaired) electrons. The summed E-state index contributed by atoms with van der Waals surface area (Å²) in [5.74, 6) is -0.440. The predicted octanol–water partition coefficient (Wildman–Crippen LogP) is 2.48. The second-order valence-electron chi connectivity index (χ2n) is 3.75. The molecular formula is C10H14N2O2S2. The van der Waals surface area contributed by atoms with Gasteiger partial charge in [0.05, 0.1) is 11.6 Å². The lowest BCUT2D eigenvalue weighted by Gasteiger charge is -2.06. The maximum absolute atomic E-state index is 11.2. The van der Waals surface area contributed by atoms with E-state index in [1.165, 1.54) is 0 Å². The number of thiocarbonyl (C=S) groups is 1. The fraction of sp³-hybridized carbons (Fsp3) is 0.500. The van der Waals surface area contributed by atoms with Gasteiger partial charge in [-0.25, -0.2) is 4.68 Å². The molecule has 88 valence electrons. The molecule has 0 aromatic carbocycles. The summed E-state index contributed by atoms with van der Waals surface area (Å²) >= 11 is 5.99. The van der Waals surface area contributed by atoms with Gasteiger partial charge < -0.3 is 4.18 Å². The van der Waals surface area contributed by atoms with Crippen molar-refractivity contribution in [1.29, 1.82) is 0 Å². The van der Waals surface area contributed by atoms with E-state index in [-0.39, 0.29) is 11.9 Å². The van der Waals surface area contributed by atoms with E-state index in [0.29, 0.717) is 4.32 Å². The second-order valence-corrected chi connectivity index (χ2v) is 5.11. The Morgan fingerprint density at radius 3 is 2.62 bits per heavy atom. The predicted molar refractivity (Wildman–Crippen MR) is 68.2 cm³/mol. The number of carbonyl (C=O) groups excluding carboxylic acids is 1. The van der Waals surface area contributed by atoms with Crippen molar-refractivity contribution in [3.05, 3.63) is 17.5 Å². The van der Waals surface area contributed by atoms with Gasteiger partial charge in [0.15, 0.2) is 0 Å². The average Bonchev–Trinajstić information content (AvgIpc) is 2.53. The number of carbonyl (C=O) groups is 1. The molecule has 1 rings (SSSR count). The minimum absolute atomic E-state index is 0.157. The molecule has 0 spiro atoms. The Hall–Kier alpha value is -0.880. The van der Waals surface area contributed by atoms with Crippen LogP contribution in [0.3, 0.4) is 0 Å². The average molecular weight is 258 g/mol. The standard InChI is InChI=1S/C10H14N2O2S2/c1-6(2)9(13)14-16-10(15)12-8(4)5-7(3)11-12/h5-6H,1-4H3. The number of aromatic nitrogens is 2. The van der Waals surface area contributed by atoms with Crippen molar-refractivity contribution in [1.82, 2.24) is 9.78 Å². The summed E-state index contributed by atoms with van der Waals surface area (Å²) in [6, 6.07) is 1.91. The normalized spacial score (nSPS) is 10.6. The Bertz CT molecular complexity index is 413. The zero-order valence-corrected chi connectivity index (χ0v) is 11.3. The van der Waals surface area contributed by atoms with Gasteiger partial charge in [-0.2, -0.15) is 5.10 Å². The third-order valence-electron chi connectivity index (χ3n) is 1.85. The van der Waals surface area contributed by atoms with E-state index < -0.39 is 0 Å². The first-order chi connectivity index (χ1) is 7.41. The number of hydrogen-bond acceptors (Lipinski definition) is 5. The van der Waals surface area contributed by atoms with Crippen LogP contribution in [0.25, 0.3) is 0 Å². The lowest BCUT2D eigenvalue weighted by Crippen LogP contribution is -2.13. The van der Waals surface area contributed by atoms with E-state index in [0.717, 1.165) is 23.4 Å². The monoisotopic (exact) mass is 258 g/mol. The van der Waals surface area contributed by atoms with Crippen LogP contribution >= 0.6 is 24.3 Å². The van der Waals surface area contributed by atoms with E-state index in [4.69, 9.17) is 16.4 Å². The summed E-state index contributed by atoms with van der Waals surface area (Å²) in [5, 5.41) is 4.20. The van der Waals surface area contributed by atoms with E-state index in [2.05, 4.69) is 5.10 Å². The molecule has 0 aliphatic rings. The molecule has 0 bridgehead atoms. The Kier molecular flexibility index (Phi) is 4.49. The minimum Gasteiger partial charge on any atom is -0.383 e. The van der Waals surface area contributed by atoms with Gasteiger partial charge in [0.25, 0.3) is 0 Å². The molecular weight excluding hydrogens is 244 g/mol. The number of hydrogen-bond donors (Lipinski definition) is 0. The summed E-state index contributed by atoms with van der Waals surface area (Å²) in [4.78, 5) is 11.2. The van der Waals surface area contributed by atoms with Crippen LogP contribution in [-0.2, 0) is 8.98 Å². The second kappa shape index (κ2) is 5.45. The van der Waals surface area contributed by atoms with Gasteiger partial charge in [-0.05, 0) is 32.1 Å². The number of aryl methyl sites for hydroxylation is 2. The number of nitrogens with zero attached hydrogens (tertiary/aromatic N) is 2. The quantitative estimate of drug-likeness (QED) is 0.572. The molecule has 0 atom stereocenters. The Morgan fingerprint density at radius 2 is 2.19 bits per heavy atom. The van der Waals surface area contributed by atoms with Crippen molar-refractivity contribution in [2.45, 2.75) is 27.7 Å². The highest BCUT2D eigenvalue weighted by atomic mass is 32.2. The highest BCUT2D eigenvalue weighted by Crippen LogP contribution is 2.14. The van der Waals surface area contributed by atoms with Gasteiger partial charge in [0.1, 0.15) is 12.0 Å². The van der Waals surface area contributed by atoms with Gasteiger partial charge in [-0.3, -0.25) is 4.79 Å². The first kappa shape index (κ1) is 13.2. The summed E-state index contributed by atoms with van der Waals surface area (Å²) in [6.45, 7) is 7.33. The van der Waals surface area contributed by atoms with Crippen LogP contribution in [0.4, 0.5) is 0 Å². The van der Waals surface area contributed by atoms with Crippen LogP contribution in [0.2, 0.25) is 0 Å². The molecule has 6 heteroatoms. The molecule has 0 aliphatic carbocycles. The maximum atomic E-state index is 11.2. The van der Waals surface area contributed by atoms with Gasteiger partial charge in [-0.15, -0.1) is 0 Å². The largest absolute Gasteiger partial charge is 0.383 e. The molecule has 1 aromatic heterocycles. The molecule has 0 amide bonds. The molecule has 1 aromatic rings. The molecule has 4 nitrogen and oxygen atoms in total. The van der Waals surface area contributed by atoms with E-state index >= 15 is 0 Å². The van der Waals surface area contributed by atoms with E-state index in [9.17, 15) is 4.79 Å². The summed E-state index contributed by atoms with van der Waals surface area (Å²) in [6.07, 6.45) is 0. The number of rotatable bonds is 1. The SMILES string of the molecule is Cc1cc(C)n(C(=S)SOC(=O)C(C)C)n1. The molecule has 0 unspecified atom stereocenters. The smallest absolute Gasteiger partial charge is 0.320 e. The fourth-order valence-corrected chi connectivity index (χ4v) is 1.91. The summed E-state index contributed by atoms with van der Waals surface area (Å²) in [7, 11) is 0. The van der Waals surface area contributed by atoms with Crippen LogP contribution in [0.5, 0.6) is 0 Å². The maximum Gasteiger partial charge on any atom is 0.320 e. The molecule has 0 saturated heterocycles. The molecule has 0 fully saturated rings. The van der Waals surface area contributed by atoms with Crippen molar-refractivity contribution in [2.75, 3.05) is 0 Å². The van der Waals surface area contributed by atoms with Crippen molar-refractivity contribution < 1.29 is 8.98 Å². The Morgan fingerprint density at radius 1 is 1.56 bits per heavy atom. The van der Waals surface area contributed by atoms with Crippen molar-refractivity contribution in [3.63, 3.8) is 0 Å². The summed E-state index contributed by atoms with van der Waals surface area (Å²) < 4.78 is 6.96. The fourth-order valence-electron chi connectivity index (χ4n) is 1.02. The Labute approximate surface area is 105 Å². The molecule has 16 heavy (non-hydrogen) atoms. The zero-order valence-electron chi connectivity index (χ0n) is 9.68. The third kappa shape index (κ3) is 3.31. The lowest BCUT2D eigenvalue weighted by molar-refractivity contribution is -0.136. The van der Waals surface area contributed by atoms with Gasteiger partial charge in [0.2, 0.25) is 4.32 Å². The van der Waals surface area contributed by atoms with Gasteiger partial charge in [0, 0.05) is 5.69 Å². The van der Waals surface area contributed by atoms with Crippen LogP contribution < -0.4 is 0 Å². The van der Waals surface area contributed by atoms with E-state index in [1.54, 1.807) is 18.5 Å². The molecule has 0 saturated carbocycles. The van der Waals surface area contributed by atoms with Crippen molar-refractivity contribution >= 4 is 34.6 Å². The Balaban J connectivity index is 2.60. The van der Waals surface area contributed by atoms with Crippen molar-refractivity contribution in [3.8, 4) is 0 Å². The molecule has 0 aliphatic heterocycles. The topological polar surface area (TPSA) is 44.1 Å². The molecule has 1 heterocycles. The van der Waals surface area contributed by atoms with Crippen LogP contribution in [0.15, 0.2) is 6.07 Å². The zero-order chi connectivity index (χ0) is 12.3. The van der Waals surface area contributed by atoms with Crippen LogP contribution in [0, 0.1) is 19.8 Å². The highest BCUT2D eigenvalue weighted by Gasteiger charge is 2.13. The van der Waals surface area contributed by atoms with Gasteiger partial charge >= 0.3 is 5.97 Å². The first-order valence-electron chi connectivity index (χ1n) is 4.87. The van der Waals surface area contributed by atoms with Crippen LogP contribution in [-0.4, -0.2) is 20.1 Å². The van der Waals surface area contributed by atoms with E-state index in [1.807, 2.05) is 19.9 Å². The summed E-state index contributed by atoms with van der Waals surface area (Å²) in [5.41, 5.74) is 1.81. The van der Waals surface area contributed by atoms with Crippen LogP contribution in [0.1, 0.15) is 25.2 Å². The first-order valence-corrected chi connectivity index (χ1v) is 6.02. The highest BCUT2D eigenvalue weighted by molar-refractivity contribution is 8.20. The minimum atomic E-state index is -0.283. The van der Waals surface area contributed by atoms with Crippen molar-refractivity contribution in [2.24, 2.45) is 5.92 Å². The van der Waals surface area contributed by atoms with Gasteiger partial charge in [-0.1, -0.05) is 13.8 Å². The lowest BCUT2D eigenvalue weighted by atomic mass is 10.2. The molecule has 0 N–H and O–H groups in total.